The van der Waals surface area contributed by atoms with Crippen molar-refractivity contribution in [2.75, 3.05) is 24.2 Å². The lowest BCUT2D eigenvalue weighted by Gasteiger charge is -2.34. The zero-order chi connectivity index (χ0) is 17.3. The Morgan fingerprint density at radius 1 is 1.29 bits per heavy atom. The number of sulfonamides is 1. The van der Waals surface area contributed by atoms with Gasteiger partial charge in [0, 0.05) is 24.8 Å². The maximum atomic E-state index is 11.4. The molecule has 0 aromatic heterocycles. The number of benzene rings is 2. The summed E-state index contributed by atoms with van der Waals surface area (Å²) < 4.78 is 25.5. The summed E-state index contributed by atoms with van der Waals surface area (Å²) in [5.41, 5.74) is 1.26. The van der Waals surface area contributed by atoms with Crippen molar-refractivity contribution >= 4 is 32.8 Å². The average Bonchev–Trinajstić information content (AvgIpc) is 2.53. The van der Waals surface area contributed by atoms with Gasteiger partial charge < -0.3 is 10.0 Å². The molecule has 128 valence electrons. The van der Waals surface area contributed by atoms with Crippen LogP contribution < -0.4 is 9.62 Å². The molecular weight excluding hydrogens is 328 g/mol. The van der Waals surface area contributed by atoms with Crippen LogP contribution in [-0.4, -0.2) is 45.2 Å². The molecule has 1 saturated heterocycles. The maximum Gasteiger partial charge on any atom is 0.209 e. The number of fused-ring (bicyclic) bond motifs is 1. The van der Waals surface area contributed by atoms with Crippen molar-refractivity contribution in [3.05, 3.63) is 35.9 Å². The Bertz CT molecular complexity index is 880. The molecule has 0 bridgehead atoms. The van der Waals surface area contributed by atoms with E-state index in [0.29, 0.717) is 18.2 Å². The molecule has 1 unspecified atom stereocenters. The summed E-state index contributed by atoms with van der Waals surface area (Å²) in [4.78, 5) is 13.3. The van der Waals surface area contributed by atoms with E-state index in [2.05, 4.69) is 9.62 Å². The second kappa shape index (κ2) is 6.41. The zero-order valence-electron chi connectivity index (χ0n) is 13.4. The van der Waals surface area contributed by atoms with Crippen molar-refractivity contribution < 1.29 is 18.3 Å². The predicted octanol–water partition coefficient (Wildman–Crippen LogP) is 1.88. The number of phenols is 1. The standard InChI is InChI=1S/C17H20N2O4S/c1-24(22,23)18-13-3-2-8-19(10-13)14-5-6-15-12(9-14)4-7-17(21)16(15)11-20/h4-7,9,11,13,18,21H,2-3,8,10H2,1H3. The lowest BCUT2D eigenvalue weighted by Crippen LogP contribution is -2.47. The summed E-state index contributed by atoms with van der Waals surface area (Å²) in [6, 6.07) is 8.87. The fraction of sp³-hybridized carbons (Fsp3) is 0.353. The van der Waals surface area contributed by atoms with Crippen molar-refractivity contribution in [2.45, 2.75) is 18.9 Å². The van der Waals surface area contributed by atoms with Crippen LogP contribution in [0.5, 0.6) is 5.75 Å². The largest absolute Gasteiger partial charge is 0.507 e. The molecule has 1 fully saturated rings. The summed E-state index contributed by atoms with van der Waals surface area (Å²) in [5, 5.41) is 11.3. The van der Waals surface area contributed by atoms with Crippen LogP contribution in [0.4, 0.5) is 5.69 Å². The van der Waals surface area contributed by atoms with Crippen LogP contribution in [-0.2, 0) is 10.0 Å². The van der Waals surface area contributed by atoms with Crippen molar-refractivity contribution in [2.24, 2.45) is 0 Å². The number of rotatable bonds is 4. The van der Waals surface area contributed by atoms with Gasteiger partial charge in [-0.3, -0.25) is 4.79 Å². The van der Waals surface area contributed by atoms with Crippen molar-refractivity contribution in [3.63, 3.8) is 0 Å². The van der Waals surface area contributed by atoms with E-state index in [1.54, 1.807) is 6.07 Å². The van der Waals surface area contributed by atoms with E-state index in [1.807, 2.05) is 18.2 Å². The SMILES string of the molecule is CS(=O)(=O)NC1CCCN(c2ccc3c(C=O)c(O)ccc3c2)C1. The third-order valence-electron chi connectivity index (χ3n) is 4.31. The molecule has 0 aliphatic carbocycles. The monoisotopic (exact) mass is 348 g/mol. The molecule has 7 heteroatoms. The van der Waals surface area contributed by atoms with Gasteiger partial charge in [0.2, 0.25) is 10.0 Å². The Morgan fingerprint density at radius 3 is 2.79 bits per heavy atom. The van der Waals surface area contributed by atoms with E-state index < -0.39 is 10.0 Å². The summed E-state index contributed by atoms with van der Waals surface area (Å²) in [6.07, 6.45) is 3.56. The normalized spacial score (nSPS) is 18.7. The number of hydrogen-bond acceptors (Lipinski definition) is 5. The van der Waals surface area contributed by atoms with Gasteiger partial charge in [-0.15, -0.1) is 0 Å². The Hall–Kier alpha value is -2.12. The van der Waals surface area contributed by atoms with Gasteiger partial charge in [-0.25, -0.2) is 13.1 Å². The third kappa shape index (κ3) is 3.52. The number of carbonyl (C=O) groups excluding carboxylic acids is 1. The molecule has 1 aliphatic rings. The van der Waals surface area contributed by atoms with E-state index in [9.17, 15) is 18.3 Å². The molecule has 0 spiro atoms. The summed E-state index contributed by atoms with van der Waals surface area (Å²) >= 11 is 0. The van der Waals surface area contributed by atoms with Gasteiger partial charge in [0.25, 0.3) is 0 Å². The summed E-state index contributed by atoms with van der Waals surface area (Å²) in [7, 11) is -3.22. The minimum atomic E-state index is -3.22. The van der Waals surface area contributed by atoms with Crippen molar-refractivity contribution in [1.82, 2.24) is 4.72 Å². The van der Waals surface area contributed by atoms with Crippen LogP contribution in [0, 0.1) is 0 Å². The molecule has 0 radical (unpaired) electrons. The van der Waals surface area contributed by atoms with Crippen molar-refractivity contribution in [3.8, 4) is 5.75 Å². The van der Waals surface area contributed by atoms with E-state index >= 15 is 0 Å². The zero-order valence-corrected chi connectivity index (χ0v) is 14.2. The molecular formula is C17H20N2O4S. The molecule has 2 aromatic rings. The van der Waals surface area contributed by atoms with Gasteiger partial charge in [-0.1, -0.05) is 12.1 Å². The Labute approximate surface area is 141 Å². The number of carbonyl (C=O) groups is 1. The van der Waals surface area contributed by atoms with Gasteiger partial charge in [0.1, 0.15) is 5.75 Å². The quantitative estimate of drug-likeness (QED) is 0.824. The molecule has 6 nitrogen and oxygen atoms in total. The number of anilines is 1. The molecule has 1 atom stereocenters. The Balaban J connectivity index is 1.89. The minimum Gasteiger partial charge on any atom is -0.507 e. The highest BCUT2D eigenvalue weighted by atomic mass is 32.2. The predicted molar refractivity (Wildman–Crippen MR) is 94.2 cm³/mol. The van der Waals surface area contributed by atoms with Gasteiger partial charge in [0.15, 0.2) is 6.29 Å². The van der Waals surface area contributed by atoms with Gasteiger partial charge >= 0.3 is 0 Å². The van der Waals surface area contributed by atoms with Crippen LogP contribution in [0.15, 0.2) is 30.3 Å². The fourth-order valence-corrected chi connectivity index (χ4v) is 4.06. The van der Waals surface area contributed by atoms with E-state index in [0.717, 1.165) is 30.5 Å². The van der Waals surface area contributed by atoms with Gasteiger partial charge in [-0.05, 0) is 41.8 Å². The minimum absolute atomic E-state index is 0.0272. The molecule has 2 aromatic carbocycles. The molecule has 1 aliphatic heterocycles. The highest BCUT2D eigenvalue weighted by Gasteiger charge is 2.22. The summed E-state index contributed by atoms with van der Waals surface area (Å²) in [5.74, 6) is -0.0272. The van der Waals surface area contributed by atoms with E-state index in [-0.39, 0.29) is 17.4 Å². The van der Waals surface area contributed by atoms with Crippen LogP contribution >= 0.6 is 0 Å². The Kier molecular flexibility index (Phi) is 4.47. The first kappa shape index (κ1) is 16.7. The van der Waals surface area contributed by atoms with Crippen LogP contribution in [0.2, 0.25) is 0 Å². The number of nitrogens with zero attached hydrogens (tertiary/aromatic N) is 1. The van der Waals surface area contributed by atoms with Gasteiger partial charge in [-0.2, -0.15) is 0 Å². The molecule has 24 heavy (non-hydrogen) atoms. The first-order valence-corrected chi connectivity index (χ1v) is 9.70. The number of nitrogens with one attached hydrogen (secondary N) is 1. The lowest BCUT2D eigenvalue weighted by molar-refractivity contribution is 0.112. The van der Waals surface area contributed by atoms with Crippen molar-refractivity contribution in [1.29, 1.82) is 0 Å². The number of aromatic hydroxyl groups is 1. The smallest absolute Gasteiger partial charge is 0.209 e. The molecule has 3 rings (SSSR count). The van der Waals surface area contributed by atoms with Gasteiger partial charge in [0.05, 0.1) is 11.8 Å². The number of piperidine rings is 1. The third-order valence-corrected chi connectivity index (χ3v) is 5.07. The van der Waals surface area contributed by atoms with Crippen LogP contribution in [0.25, 0.3) is 10.8 Å². The van der Waals surface area contributed by atoms with E-state index in [1.165, 1.54) is 12.3 Å². The lowest BCUT2D eigenvalue weighted by atomic mass is 10.0. The second-order valence-corrected chi connectivity index (χ2v) is 7.98. The van der Waals surface area contributed by atoms with E-state index in [4.69, 9.17) is 0 Å². The molecule has 2 N–H and O–H groups in total. The van der Waals surface area contributed by atoms with Crippen LogP contribution in [0.3, 0.4) is 0 Å². The molecule has 0 saturated carbocycles. The van der Waals surface area contributed by atoms with Crippen LogP contribution in [0.1, 0.15) is 23.2 Å². The highest BCUT2D eigenvalue weighted by Crippen LogP contribution is 2.30. The topological polar surface area (TPSA) is 86.7 Å². The average molecular weight is 348 g/mol. The number of hydrogen-bond donors (Lipinski definition) is 2. The summed E-state index contributed by atoms with van der Waals surface area (Å²) in [6.45, 7) is 1.46. The maximum absolute atomic E-state index is 11.4. The first-order chi connectivity index (χ1) is 11.4. The number of phenolic OH excluding ortho intramolecular Hbond substituents is 1. The Morgan fingerprint density at radius 2 is 2.08 bits per heavy atom. The highest BCUT2D eigenvalue weighted by molar-refractivity contribution is 7.88. The fourth-order valence-electron chi connectivity index (χ4n) is 3.26. The molecule has 1 heterocycles. The second-order valence-electron chi connectivity index (χ2n) is 6.20. The molecule has 0 amide bonds. The first-order valence-electron chi connectivity index (χ1n) is 7.80. The number of aldehydes is 1.